The van der Waals surface area contributed by atoms with Crippen LogP contribution in [-0.2, 0) is 11.3 Å². The van der Waals surface area contributed by atoms with Gasteiger partial charge in [-0.05, 0) is 25.2 Å². The largest absolute Gasteiger partial charge is 0.477 e. The number of aromatic carboxylic acids is 1. The lowest BCUT2D eigenvalue weighted by Gasteiger charge is -2.25. The van der Waals surface area contributed by atoms with Gasteiger partial charge in [0.1, 0.15) is 9.88 Å². The molecular weight excluding hydrogens is 276 g/mol. The topological polar surface area (TPSA) is 79.3 Å². The summed E-state index contributed by atoms with van der Waals surface area (Å²) in [7, 11) is 0. The van der Waals surface area contributed by atoms with E-state index in [9.17, 15) is 9.59 Å². The summed E-state index contributed by atoms with van der Waals surface area (Å²) in [6, 6.07) is 0. The number of carboxylic acid groups (broad SMARTS) is 1. The summed E-state index contributed by atoms with van der Waals surface area (Å²) in [5.74, 6) is -0.866. The van der Waals surface area contributed by atoms with Crippen molar-refractivity contribution in [2.24, 2.45) is 11.3 Å². The number of hydrogen-bond donors (Lipinski definition) is 2. The summed E-state index contributed by atoms with van der Waals surface area (Å²) in [6.45, 7) is 6.23. The van der Waals surface area contributed by atoms with Gasteiger partial charge in [-0.3, -0.25) is 4.79 Å². The van der Waals surface area contributed by atoms with E-state index in [2.05, 4.69) is 24.1 Å². The highest BCUT2D eigenvalue weighted by molar-refractivity contribution is 7.13. The number of aryl methyl sites for hydroxylation is 1. The highest BCUT2D eigenvalue weighted by Gasteiger charge is 2.39. The second kappa shape index (κ2) is 5.52. The van der Waals surface area contributed by atoms with Crippen LogP contribution in [0.4, 0.5) is 0 Å². The molecule has 1 fully saturated rings. The van der Waals surface area contributed by atoms with Crippen molar-refractivity contribution in [3.8, 4) is 0 Å². The first-order valence-corrected chi connectivity index (χ1v) is 7.60. The molecule has 1 unspecified atom stereocenters. The van der Waals surface area contributed by atoms with Gasteiger partial charge in [0.05, 0.1) is 12.2 Å². The number of hydrogen-bond acceptors (Lipinski definition) is 4. The Bertz CT molecular complexity index is 537. The van der Waals surface area contributed by atoms with Gasteiger partial charge in [-0.15, -0.1) is 11.3 Å². The van der Waals surface area contributed by atoms with Crippen molar-refractivity contribution in [3.63, 3.8) is 0 Å². The minimum atomic E-state index is -0.963. The van der Waals surface area contributed by atoms with Gasteiger partial charge < -0.3 is 10.4 Å². The van der Waals surface area contributed by atoms with E-state index in [0.29, 0.717) is 17.2 Å². The maximum absolute atomic E-state index is 12.2. The van der Waals surface area contributed by atoms with Crippen LogP contribution in [0.3, 0.4) is 0 Å². The Kier molecular flexibility index (Phi) is 4.13. The molecule has 0 radical (unpaired) electrons. The van der Waals surface area contributed by atoms with Gasteiger partial charge in [0.2, 0.25) is 5.91 Å². The molecule has 0 aromatic carbocycles. The fraction of sp³-hybridized carbons (Fsp3) is 0.643. The van der Waals surface area contributed by atoms with Gasteiger partial charge in [0, 0.05) is 5.92 Å². The standard InChI is InChI=1S/C14H20N2O3S/c1-8-11(13(18)19)20-10(16-8)7-15-12(17)9-5-4-6-14(9,2)3/h9H,4-7H2,1-3H3,(H,15,17)(H,18,19). The maximum Gasteiger partial charge on any atom is 0.347 e. The van der Waals surface area contributed by atoms with E-state index in [-0.39, 0.29) is 22.1 Å². The van der Waals surface area contributed by atoms with E-state index >= 15 is 0 Å². The predicted molar refractivity (Wildman–Crippen MR) is 76.8 cm³/mol. The molecule has 2 rings (SSSR count). The normalized spacial score (nSPS) is 20.9. The summed E-state index contributed by atoms with van der Waals surface area (Å²) >= 11 is 1.13. The minimum Gasteiger partial charge on any atom is -0.477 e. The molecule has 1 aromatic heterocycles. The first-order chi connectivity index (χ1) is 9.31. The van der Waals surface area contributed by atoms with Gasteiger partial charge in [-0.1, -0.05) is 20.3 Å². The number of carbonyl (C=O) groups excluding carboxylic acids is 1. The molecule has 5 nitrogen and oxygen atoms in total. The van der Waals surface area contributed by atoms with Gasteiger partial charge in [0.15, 0.2) is 0 Å². The minimum absolute atomic E-state index is 0.0440. The van der Waals surface area contributed by atoms with Crippen LogP contribution in [0.1, 0.15) is 53.5 Å². The zero-order valence-corrected chi connectivity index (χ0v) is 12.8. The van der Waals surface area contributed by atoms with Crippen molar-refractivity contribution in [1.29, 1.82) is 0 Å². The molecule has 0 saturated heterocycles. The van der Waals surface area contributed by atoms with E-state index in [4.69, 9.17) is 5.11 Å². The van der Waals surface area contributed by atoms with E-state index < -0.39 is 5.97 Å². The van der Waals surface area contributed by atoms with Crippen LogP contribution in [0, 0.1) is 18.3 Å². The average Bonchev–Trinajstić information content (AvgIpc) is 2.89. The molecule has 1 amide bonds. The van der Waals surface area contributed by atoms with E-state index in [1.54, 1.807) is 6.92 Å². The first-order valence-electron chi connectivity index (χ1n) is 6.78. The fourth-order valence-corrected chi connectivity index (χ4v) is 3.67. The van der Waals surface area contributed by atoms with Gasteiger partial charge >= 0.3 is 5.97 Å². The second-order valence-electron chi connectivity index (χ2n) is 5.98. The molecular formula is C14H20N2O3S. The third kappa shape index (κ3) is 3.00. The van der Waals surface area contributed by atoms with Crippen molar-refractivity contribution < 1.29 is 14.7 Å². The highest BCUT2D eigenvalue weighted by Crippen LogP contribution is 2.42. The molecule has 20 heavy (non-hydrogen) atoms. The van der Waals surface area contributed by atoms with Crippen LogP contribution in [-0.4, -0.2) is 22.0 Å². The molecule has 1 aliphatic rings. The van der Waals surface area contributed by atoms with Crippen LogP contribution in [0.15, 0.2) is 0 Å². The molecule has 110 valence electrons. The van der Waals surface area contributed by atoms with Crippen LogP contribution < -0.4 is 5.32 Å². The average molecular weight is 296 g/mol. The lowest BCUT2D eigenvalue weighted by atomic mass is 9.81. The molecule has 0 spiro atoms. The van der Waals surface area contributed by atoms with Gasteiger partial charge in [-0.25, -0.2) is 9.78 Å². The monoisotopic (exact) mass is 296 g/mol. The van der Waals surface area contributed by atoms with Crippen LogP contribution in [0.5, 0.6) is 0 Å². The number of carbonyl (C=O) groups is 2. The van der Waals surface area contributed by atoms with E-state index in [1.165, 1.54) is 0 Å². The molecule has 1 atom stereocenters. The van der Waals surface area contributed by atoms with Crippen LogP contribution >= 0.6 is 11.3 Å². The number of nitrogens with zero attached hydrogens (tertiary/aromatic N) is 1. The molecule has 1 aromatic rings. The number of nitrogens with one attached hydrogen (secondary N) is 1. The predicted octanol–water partition coefficient (Wildman–Crippen LogP) is 2.59. The molecule has 2 N–H and O–H groups in total. The zero-order valence-electron chi connectivity index (χ0n) is 12.0. The third-order valence-electron chi connectivity index (χ3n) is 4.02. The number of rotatable bonds is 4. The molecule has 6 heteroatoms. The molecule has 1 heterocycles. The zero-order chi connectivity index (χ0) is 14.9. The van der Waals surface area contributed by atoms with Crippen molar-refractivity contribution in [2.45, 2.75) is 46.6 Å². The number of aromatic nitrogens is 1. The first kappa shape index (κ1) is 15.0. The Labute approximate surface area is 122 Å². The van der Waals surface area contributed by atoms with Crippen LogP contribution in [0.2, 0.25) is 0 Å². The lowest BCUT2D eigenvalue weighted by Crippen LogP contribution is -2.35. The van der Waals surface area contributed by atoms with E-state index in [1.807, 2.05) is 0 Å². The summed E-state index contributed by atoms with van der Waals surface area (Å²) in [4.78, 5) is 27.6. The van der Waals surface area contributed by atoms with Crippen molar-refractivity contribution >= 4 is 23.2 Å². The number of thiazole rings is 1. The van der Waals surface area contributed by atoms with Crippen LogP contribution in [0.25, 0.3) is 0 Å². The molecule has 0 bridgehead atoms. The Hall–Kier alpha value is -1.43. The third-order valence-corrected chi connectivity index (χ3v) is 5.17. The van der Waals surface area contributed by atoms with Gasteiger partial charge in [-0.2, -0.15) is 0 Å². The van der Waals surface area contributed by atoms with Crippen molar-refractivity contribution in [2.75, 3.05) is 0 Å². The van der Waals surface area contributed by atoms with E-state index in [0.717, 1.165) is 30.6 Å². The molecule has 0 aliphatic heterocycles. The van der Waals surface area contributed by atoms with Gasteiger partial charge in [0.25, 0.3) is 0 Å². The fourth-order valence-electron chi connectivity index (χ4n) is 2.83. The molecule has 1 saturated carbocycles. The second-order valence-corrected chi connectivity index (χ2v) is 7.06. The SMILES string of the molecule is Cc1nc(CNC(=O)C2CCCC2(C)C)sc1C(=O)O. The molecule has 1 aliphatic carbocycles. The Balaban J connectivity index is 1.97. The van der Waals surface area contributed by atoms with Crippen molar-refractivity contribution in [1.82, 2.24) is 10.3 Å². The Morgan fingerprint density at radius 3 is 2.70 bits per heavy atom. The van der Waals surface area contributed by atoms with Crippen molar-refractivity contribution in [3.05, 3.63) is 15.6 Å². The Morgan fingerprint density at radius 2 is 2.20 bits per heavy atom. The highest BCUT2D eigenvalue weighted by atomic mass is 32.1. The number of carboxylic acids is 1. The summed E-state index contributed by atoms with van der Waals surface area (Å²) in [5, 5.41) is 12.5. The lowest BCUT2D eigenvalue weighted by molar-refractivity contribution is -0.127. The summed E-state index contributed by atoms with van der Waals surface area (Å²) < 4.78 is 0. The number of amides is 1. The maximum atomic E-state index is 12.2. The Morgan fingerprint density at radius 1 is 1.50 bits per heavy atom. The quantitative estimate of drug-likeness (QED) is 0.895. The summed E-state index contributed by atoms with van der Waals surface area (Å²) in [5.41, 5.74) is 0.558. The summed E-state index contributed by atoms with van der Waals surface area (Å²) in [6.07, 6.45) is 3.09. The smallest absolute Gasteiger partial charge is 0.347 e.